The van der Waals surface area contributed by atoms with E-state index >= 15 is 0 Å². The predicted octanol–water partition coefficient (Wildman–Crippen LogP) is -0.0568. The van der Waals surface area contributed by atoms with E-state index in [2.05, 4.69) is 40.9 Å². The van der Waals surface area contributed by atoms with Crippen molar-refractivity contribution in [3.05, 3.63) is 5.82 Å². The molecule has 2 rings (SSSR count). The summed E-state index contributed by atoms with van der Waals surface area (Å²) in [5, 5.41) is 6.22. The van der Waals surface area contributed by atoms with E-state index in [0.717, 1.165) is 13.1 Å². The largest absolute Gasteiger partial charge is 0.366 e. The smallest absolute Gasteiger partial charge is 0.291 e. The van der Waals surface area contributed by atoms with Crippen molar-refractivity contribution in [2.75, 3.05) is 31.9 Å². The van der Waals surface area contributed by atoms with Crippen molar-refractivity contribution < 1.29 is 4.79 Å². The summed E-state index contributed by atoms with van der Waals surface area (Å²) in [7, 11) is 0. The molecule has 0 radical (unpaired) electrons. The first-order valence-corrected chi connectivity index (χ1v) is 6.10. The molecule has 0 aliphatic carbocycles. The first-order chi connectivity index (χ1) is 8.38. The summed E-state index contributed by atoms with van der Waals surface area (Å²) in [5.41, 5.74) is 5.54. The maximum absolute atomic E-state index is 12.1. The van der Waals surface area contributed by atoms with Gasteiger partial charge in [-0.15, -0.1) is 5.10 Å². The zero-order valence-electron chi connectivity index (χ0n) is 11.1. The van der Waals surface area contributed by atoms with Gasteiger partial charge in [-0.2, -0.15) is 4.98 Å². The van der Waals surface area contributed by atoms with E-state index in [-0.39, 0.29) is 23.2 Å². The number of anilines is 1. The molecule has 1 aliphatic rings. The van der Waals surface area contributed by atoms with Crippen LogP contribution >= 0.6 is 0 Å². The zero-order chi connectivity index (χ0) is 13.3. The van der Waals surface area contributed by atoms with Crippen LogP contribution in [0, 0.1) is 0 Å². The monoisotopic (exact) mass is 252 g/mol. The van der Waals surface area contributed by atoms with E-state index in [9.17, 15) is 4.79 Å². The minimum Gasteiger partial charge on any atom is -0.366 e. The van der Waals surface area contributed by atoms with Crippen LogP contribution in [0.25, 0.3) is 0 Å². The highest BCUT2D eigenvalue weighted by molar-refractivity contribution is 5.90. The second-order valence-corrected chi connectivity index (χ2v) is 5.49. The molecule has 7 heteroatoms. The number of carbonyl (C=O) groups excluding carboxylic acids is 1. The van der Waals surface area contributed by atoms with Crippen molar-refractivity contribution >= 4 is 11.9 Å². The van der Waals surface area contributed by atoms with Crippen molar-refractivity contribution in [3.8, 4) is 0 Å². The molecule has 0 unspecified atom stereocenters. The molecule has 1 amide bonds. The molecule has 1 fully saturated rings. The Morgan fingerprint density at radius 2 is 1.89 bits per heavy atom. The van der Waals surface area contributed by atoms with Crippen molar-refractivity contribution in [2.45, 2.75) is 26.3 Å². The molecule has 2 heterocycles. The summed E-state index contributed by atoms with van der Waals surface area (Å²) in [6.45, 7) is 9.70. The molecular weight excluding hydrogens is 232 g/mol. The summed E-state index contributed by atoms with van der Waals surface area (Å²) in [5.74, 6) is 0.191. The highest BCUT2D eigenvalue weighted by Crippen LogP contribution is 2.16. The molecule has 1 saturated heterocycles. The Hall–Kier alpha value is -1.63. The second-order valence-electron chi connectivity index (χ2n) is 5.49. The minimum absolute atomic E-state index is 0.103. The number of nitrogens with one attached hydrogen (secondary N) is 1. The SMILES string of the molecule is CC(C)(C)N1CCN(C(=O)c2nc(N)n[nH]2)CC1. The van der Waals surface area contributed by atoms with Gasteiger partial charge in [-0.1, -0.05) is 0 Å². The van der Waals surface area contributed by atoms with Crippen LogP contribution in [0.4, 0.5) is 5.95 Å². The third kappa shape index (κ3) is 2.61. The van der Waals surface area contributed by atoms with E-state index in [1.807, 2.05) is 0 Å². The van der Waals surface area contributed by atoms with Gasteiger partial charge in [-0.05, 0) is 20.8 Å². The van der Waals surface area contributed by atoms with Crippen LogP contribution < -0.4 is 5.73 Å². The van der Waals surface area contributed by atoms with Gasteiger partial charge in [0.15, 0.2) is 0 Å². The molecule has 1 aromatic rings. The molecule has 1 aliphatic heterocycles. The van der Waals surface area contributed by atoms with Crippen LogP contribution in [0.1, 0.15) is 31.4 Å². The Morgan fingerprint density at radius 3 is 2.33 bits per heavy atom. The van der Waals surface area contributed by atoms with E-state index in [1.165, 1.54) is 0 Å². The number of hydrogen-bond acceptors (Lipinski definition) is 5. The van der Waals surface area contributed by atoms with Gasteiger partial charge in [0.1, 0.15) is 0 Å². The van der Waals surface area contributed by atoms with Crippen LogP contribution in [0.2, 0.25) is 0 Å². The highest BCUT2D eigenvalue weighted by Gasteiger charge is 2.29. The number of nitrogens with zero attached hydrogens (tertiary/aromatic N) is 4. The number of amides is 1. The van der Waals surface area contributed by atoms with Gasteiger partial charge in [0.05, 0.1) is 0 Å². The normalized spacial score (nSPS) is 18.1. The van der Waals surface area contributed by atoms with Gasteiger partial charge in [-0.25, -0.2) is 0 Å². The number of carbonyl (C=O) groups is 1. The van der Waals surface area contributed by atoms with Gasteiger partial charge in [-0.3, -0.25) is 14.8 Å². The van der Waals surface area contributed by atoms with E-state index in [4.69, 9.17) is 5.73 Å². The van der Waals surface area contributed by atoms with Gasteiger partial charge in [0, 0.05) is 31.7 Å². The molecule has 0 spiro atoms. The molecule has 0 saturated carbocycles. The molecule has 7 nitrogen and oxygen atoms in total. The Balaban J connectivity index is 1.96. The molecule has 100 valence electrons. The number of nitrogens with two attached hydrogens (primary N) is 1. The van der Waals surface area contributed by atoms with Crippen LogP contribution in [-0.4, -0.2) is 62.6 Å². The van der Waals surface area contributed by atoms with Crippen molar-refractivity contribution in [1.29, 1.82) is 0 Å². The third-order valence-electron chi connectivity index (χ3n) is 3.22. The maximum atomic E-state index is 12.1. The summed E-state index contributed by atoms with van der Waals surface area (Å²) < 4.78 is 0. The van der Waals surface area contributed by atoms with Gasteiger partial charge in [0.2, 0.25) is 11.8 Å². The highest BCUT2D eigenvalue weighted by atomic mass is 16.2. The first-order valence-electron chi connectivity index (χ1n) is 6.10. The lowest BCUT2D eigenvalue weighted by atomic mass is 10.0. The predicted molar refractivity (Wildman–Crippen MR) is 68.0 cm³/mol. The Labute approximate surface area is 106 Å². The van der Waals surface area contributed by atoms with Gasteiger partial charge < -0.3 is 10.6 Å². The molecule has 0 aromatic carbocycles. The van der Waals surface area contributed by atoms with Gasteiger partial charge in [0.25, 0.3) is 5.91 Å². The summed E-state index contributed by atoms with van der Waals surface area (Å²) in [6, 6.07) is 0. The number of aromatic amines is 1. The van der Waals surface area contributed by atoms with Crippen molar-refractivity contribution in [3.63, 3.8) is 0 Å². The fourth-order valence-corrected chi connectivity index (χ4v) is 2.10. The molecule has 3 N–H and O–H groups in total. The lowest BCUT2D eigenvalue weighted by Gasteiger charge is -2.42. The van der Waals surface area contributed by atoms with Crippen LogP contribution in [-0.2, 0) is 0 Å². The number of H-pyrrole nitrogens is 1. The lowest BCUT2D eigenvalue weighted by molar-refractivity contribution is 0.0442. The van der Waals surface area contributed by atoms with E-state index < -0.39 is 0 Å². The lowest BCUT2D eigenvalue weighted by Crippen LogP contribution is -2.54. The second kappa shape index (κ2) is 4.56. The van der Waals surface area contributed by atoms with Gasteiger partial charge >= 0.3 is 0 Å². The quantitative estimate of drug-likeness (QED) is 0.731. The molecule has 18 heavy (non-hydrogen) atoms. The number of aromatic nitrogens is 3. The summed E-state index contributed by atoms with van der Waals surface area (Å²) in [4.78, 5) is 20.1. The minimum atomic E-state index is -0.132. The number of piperazine rings is 1. The first kappa shape index (κ1) is 12.8. The van der Waals surface area contributed by atoms with E-state index in [1.54, 1.807) is 4.90 Å². The molecule has 0 bridgehead atoms. The summed E-state index contributed by atoms with van der Waals surface area (Å²) >= 11 is 0. The Kier molecular flexibility index (Phi) is 3.25. The van der Waals surface area contributed by atoms with Crippen molar-refractivity contribution in [1.82, 2.24) is 25.0 Å². The van der Waals surface area contributed by atoms with E-state index in [0.29, 0.717) is 13.1 Å². The average molecular weight is 252 g/mol. The van der Waals surface area contributed by atoms with Crippen LogP contribution in [0.3, 0.4) is 0 Å². The molecular formula is C11H20N6O. The number of nitrogen functional groups attached to an aromatic ring is 1. The Bertz CT molecular complexity index is 427. The average Bonchev–Trinajstić information content (AvgIpc) is 2.74. The maximum Gasteiger partial charge on any atom is 0.291 e. The van der Waals surface area contributed by atoms with Crippen molar-refractivity contribution in [2.24, 2.45) is 0 Å². The third-order valence-corrected chi connectivity index (χ3v) is 3.22. The van der Waals surface area contributed by atoms with Crippen LogP contribution in [0.15, 0.2) is 0 Å². The fourth-order valence-electron chi connectivity index (χ4n) is 2.10. The number of rotatable bonds is 1. The van der Waals surface area contributed by atoms with Crippen LogP contribution in [0.5, 0.6) is 0 Å². The zero-order valence-corrected chi connectivity index (χ0v) is 11.1. The topological polar surface area (TPSA) is 91.1 Å². The standard InChI is InChI=1S/C11H20N6O/c1-11(2,3)17-6-4-16(5-7-17)9(18)8-13-10(12)15-14-8/h4-7H2,1-3H3,(H3,12,13,14,15). The molecule has 0 atom stereocenters. The number of hydrogen-bond donors (Lipinski definition) is 2. The molecule has 1 aromatic heterocycles. The Morgan fingerprint density at radius 1 is 1.28 bits per heavy atom. The summed E-state index contributed by atoms with van der Waals surface area (Å²) in [6.07, 6.45) is 0. The fraction of sp³-hybridized carbons (Fsp3) is 0.727.